The fraction of sp³-hybridized carbons (Fsp3) is 0.897. The third kappa shape index (κ3) is 37.8. The number of aliphatic hydroxyl groups is 1. The van der Waals surface area contributed by atoms with Gasteiger partial charge in [-0.1, -0.05) is 161 Å². The number of allylic oxidation sites excluding steroid dienone is 2. The number of aliphatic hydroxyl groups excluding tert-OH is 1. The van der Waals surface area contributed by atoms with Gasteiger partial charge in [-0.05, 0) is 32.1 Å². The maximum atomic E-state index is 12.0. The van der Waals surface area contributed by atoms with Gasteiger partial charge < -0.3 is 20.1 Å². The van der Waals surface area contributed by atoms with Crippen molar-refractivity contribution in [3.05, 3.63) is 12.2 Å². The monoisotopic (exact) mass is 718 g/mol. The van der Waals surface area contributed by atoms with Crippen LogP contribution in [0, 0.1) is 0 Å². The van der Waals surface area contributed by atoms with Crippen LogP contribution in [0.3, 0.4) is 0 Å². The summed E-state index contributed by atoms with van der Waals surface area (Å²) in [5.41, 5.74) is 0. The van der Waals surface area contributed by atoms with Crippen LogP contribution >= 0.6 is 7.82 Å². The van der Waals surface area contributed by atoms with Crippen molar-refractivity contribution in [2.45, 2.75) is 200 Å². The van der Waals surface area contributed by atoms with E-state index in [0.717, 1.165) is 51.4 Å². The number of unbranched alkanes of at least 4 members (excludes halogenated alkanes) is 23. The molecule has 10 heteroatoms. The van der Waals surface area contributed by atoms with E-state index in [0.29, 0.717) is 6.42 Å². The highest BCUT2D eigenvalue weighted by Crippen LogP contribution is 2.42. The van der Waals surface area contributed by atoms with Crippen LogP contribution in [-0.4, -0.2) is 54.3 Å². The van der Waals surface area contributed by atoms with Gasteiger partial charge in [-0.15, -0.1) is 0 Å². The van der Waals surface area contributed by atoms with E-state index in [1.54, 1.807) is 0 Å². The largest absolute Gasteiger partial charge is 0.472 e. The maximum absolute atomic E-state index is 12.0. The highest BCUT2D eigenvalue weighted by atomic mass is 31.2. The van der Waals surface area contributed by atoms with Crippen LogP contribution in [0.1, 0.15) is 194 Å². The van der Waals surface area contributed by atoms with Gasteiger partial charge in [0.2, 0.25) is 5.91 Å². The van der Waals surface area contributed by atoms with Crippen molar-refractivity contribution in [1.82, 2.24) is 5.32 Å². The molecule has 0 bridgehead atoms. The zero-order valence-electron chi connectivity index (χ0n) is 31.7. The van der Waals surface area contributed by atoms with E-state index in [4.69, 9.17) is 13.8 Å². The Balaban J connectivity index is 3.58. The number of esters is 1. The molecule has 0 heterocycles. The van der Waals surface area contributed by atoms with E-state index in [1.807, 2.05) is 0 Å². The number of ether oxygens (including phenoxy) is 1. The quantitative estimate of drug-likeness (QED) is 0.0249. The number of hydrogen-bond acceptors (Lipinski definition) is 7. The van der Waals surface area contributed by atoms with Crippen molar-refractivity contribution in [1.29, 1.82) is 0 Å². The van der Waals surface area contributed by atoms with Gasteiger partial charge in [0, 0.05) is 19.4 Å². The lowest BCUT2D eigenvalue weighted by Gasteiger charge is -2.15. The molecule has 0 fully saturated rings. The number of amides is 1. The van der Waals surface area contributed by atoms with Gasteiger partial charge >= 0.3 is 13.8 Å². The second-order valence-corrected chi connectivity index (χ2v) is 15.1. The zero-order chi connectivity index (χ0) is 36.1. The molecule has 3 N–H and O–H groups in total. The molecule has 9 nitrogen and oxygen atoms in total. The summed E-state index contributed by atoms with van der Waals surface area (Å²) in [6.45, 7) is 3.52. The topological polar surface area (TPSA) is 131 Å². The van der Waals surface area contributed by atoms with Crippen LogP contribution in [0.25, 0.3) is 0 Å². The maximum Gasteiger partial charge on any atom is 0.472 e. The van der Waals surface area contributed by atoms with E-state index in [1.165, 1.54) is 116 Å². The molecular weight excluding hydrogens is 641 g/mol. The van der Waals surface area contributed by atoms with Crippen molar-refractivity contribution >= 4 is 19.7 Å². The molecule has 0 saturated heterocycles. The second-order valence-electron chi connectivity index (χ2n) is 13.6. The summed E-state index contributed by atoms with van der Waals surface area (Å²) < 4.78 is 26.8. The number of carbonyl (C=O) groups is 2. The van der Waals surface area contributed by atoms with Gasteiger partial charge in [0.05, 0.1) is 13.2 Å². The van der Waals surface area contributed by atoms with Crippen molar-refractivity contribution in [2.24, 2.45) is 0 Å². The average Bonchev–Trinajstić information content (AvgIpc) is 3.08. The van der Waals surface area contributed by atoms with Crippen LogP contribution in [0.5, 0.6) is 0 Å². The Hall–Kier alpha value is -1.25. The first kappa shape index (κ1) is 47.8. The predicted octanol–water partition coefficient (Wildman–Crippen LogP) is 10.7. The summed E-state index contributed by atoms with van der Waals surface area (Å²) in [5.74, 6) is -0.520. The number of rotatable bonds is 38. The molecular formula is C39H76NO8P. The number of nitrogens with one attached hydrogen (secondary N) is 1. The second kappa shape index (κ2) is 36.5. The molecule has 0 aliphatic rings. The Bertz CT molecular complexity index is 825. The van der Waals surface area contributed by atoms with Crippen molar-refractivity contribution in [3.8, 4) is 0 Å². The Morgan fingerprint density at radius 3 is 1.59 bits per heavy atom. The molecule has 0 radical (unpaired) electrons. The molecule has 0 aromatic carbocycles. The Morgan fingerprint density at radius 2 is 1.06 bits per heavy atom. The van der Waals surface area contributed by atoms with E-state index in [9.17, 15) is 24.2 Å². The SMILES string of the molecule is CCCC/C=C\CCCCCCCC(=O)NCCOP(=O)(O)OCC(O)COC(=O)CCCCCCCCCCCCCCCCCCC. The summed E-state index contributed by atoms with van der Waals surface area (Å²) in [6.07, 6.45) is 35.7. The number of phosphoric ester groups is 1. The fourth-order valence-electron chi connectivity index (χ4n) is 5.60. The minimum absolute atomic E-state index is 0.0800. The standard InChI is InChI=1S/C39H76NO8P/c1-3-5-7-9-11-13-15-16-17-18-19-20-22-24-26-28-30-32-39(43)46-35-37(41)36-48-49(44,45)47-34-33-40-38(42)31-29-27-25-23-21-14-12-10-8-6-4-2/h10,12,37,41H,3-9,11,13-36H2,1-2H3,(H,40,42)(H,44,45)/b12-10-. The summed E-state index contributed by atoms with van der Waals surface area (Å²) in [7, 11) is -4.41. The van der Waals surface area contributed by atoms with Crippen LogP contribution in [-0.2, 0) is 27.9 Å². The Labute approximate surface area is 300 Å². The van der Waals surface area contributed by atoms with E-state index in [-0.39, 0.29) is 32.1 Å². The van der Waals surface area contributed by atoms with Gasteiger partial charge in [-0.3, -0.25) is 18.6 Å². The highest BCUT2D eigenvalue weighted by molar-refractivity contribution is 7.47. The molecule has 0 saturated carbocycles. The summed E-state index contributed by atoms with van der Waals surface area (Å²) in [4.78, 5) is 33.8. The van der Waals surface area contributed by atoms with Crippen LogP contribution in [0.2, 0.25) is 0 Å². The Morgan fingerprint density at radius 1 is 0.612 bits per heavy atom. The fourth-order valence-corrected chi connectivity index (χ4v) is 6.35. The molecule has 0 aliphatic heterocycles. The number of hydrogen-bond donors (Lipinski definition) is 3. The predicted molar refractivity (Wildman–Crippen MR) is 201 cm³/mol. The molecule has 0 aromatic rings. The summed E-state index contributed by atoms with van der Waals surface area (Å²) in [6, 6.07) is 0. The van der Waals surface area contributed by atoms with E-state index in [2.05, 4.69) is 31.3 Å². The third-order valence-electron chi connectivity index (χ3n) is 8.70. The molecule has 290 valence electrons. The van der Waals surface area contributed by atoms with Crippen molar-refractivity contribution in [3.63, 3.8) is 0 Å². The Kier molecular flexibility index (Phi) is 35.6. The summed E-state index contributed by atoms with van der Waals surface area (Å²) in [5, 5.41) is 12.6. The normalized spacial score (nSPS) is 13.5. The smallest absolute Gasteiger partial charge is 0.463 e. The van der Waals surface area contributed by atoms with Crippen molar-refractivity contribution in [2.75, 3.05) is 26.4 Å². The lowest BCUT2D eigenvalue weighted by Crippen LogP contribution is -2.27. The van der Waals surface area contributed by atoms with Crippen LogP contribution in [0.15, 0.2) is 12.2 Å². The van der Waals surface area contributed by atoms with E-state index >= 15 is 0 Å². The summed E-state index contributed by atoms with van der Waals surface area (Å²) >= 11 is 0. The van der Waals surface area contributed by atoms with Gasteiger partial charge in [0.1, 0.15) is 12.7 Å². The van der Waals surface area contributed by atoms with Crippen molar-refractivity contribution < 1.29 is 37.9 Å². The lowest BCUT2D eigenvalue weighted by atomic mass is 10.0. The third-order valence-corrected chi connectivity index (χ3v) is 9.68. The van der Waals surface area contributed by atoms with Gasteiger partial charge in [-0.2, -0.15) is 0 Å². The number of phosphoric acid groups is 1. The van der Waals surface area contributed by atoms with Crippen LogP contribution < -0.4 is 5.32 Å². The van der Waals surface area contributed by atoms with Gasteiger partial charge in [0.15, 0.2) is 0 Å². The molecule has 2 unspecified atom stereocenters. The molecule has 1 amide bonds. The molecule has 0 aliphatic carbocycles. The minimum Gasteiger partial charge on any atom is -0.463 e. The first-order valence-corrected chi connectivity index (χ1v) is 21.7. The first-order chi connectivity index (χ1) is 23.8. The lowest BCUT2D eigenvalue weighted by molar-refractivity contribution is -0.147. The minimum atomic E-state index is -4.41. The first-order valence-electron chi connectivity index (χ1n) is 20.2. The van der Waals surface area contributed by atoms with Crippen LogP contribution in [0.4, 0.5) is 0 Å². The van der Waals surface area contributed by atoms with Gasteiger partial charge in [-0.25, -0.2) is 4.57 Å². The van der Waals surface area contributed by atoms with E-state index < -0.39 is 26.5 Å². The molecule has 2 atom stereocenters. The molecule has 0 spiro atoms. The molecule has 49 heavy (non-hydrogen) atoms. The molecule has 0 aromatic heterocycles. The van der Waals surface area contributed by atoms with Gasteiger partial charge in [0.25, 0.3) is 0 Å². The zero-order valence-corrected chi connectivity index (χ0v) is 32.5. The molecule has 0 rings (SSSR count). The number of carbonyl (C=O) groups excluding carboxylic acids is 2. The average molecular weight is 718 g/mol. The highest BCUT2D eigenvalue weighted by Gasteiger charge is 2.23.